The quantitative estimate of drug-likeness (QED) is 0.408. The van der Waals surface area contributed by atoms with Crippen molar-refractivity contribution in [1.82, 2.24) is 5.32 Å². The fourth-order valence-corrected chi connectivity index (χ4v) is 2.47. The Morgan fingerprint density at radius 3 is 2.65 bits per heavy atom. The summed E-state index contributed by atoms with van der Waals surface area (Å²) in [7, 11) is 3.13. The van der Waals surface area contributed by atoms with Crippen LogP contribution in [0.5, 0.6) is 0 Å². The Hall–Kier alpha value is -1.04. The molecule has 1 rings (SSSR count). The number of benzene rings is 1. The summed E-state index contributed by atoms with van der Waals surface area (Å²) in [5.41, 5.74) is 1.26. The number of methoxy groups -OCH3 is 2. The Morgan fingerprint density at radius 2 is 2.00 bits per heavy atom. The van der Waals surface area contributed by atoms with Crippen molar-refractivity contribution in [3.63, 3.8) is 0 Å². The van der Waals surface area contributed by atoms with Crippen LogP contribution in [0.2, 0.25) is 0 Å². The topological polar surface area (TPSA) is 47.6 Å². The number of hydrogen-bond acceptors (Lipinski definition) is 5. The van der Waals surface area contributed by atoms with Gasteiger partial charge in [-0.15, -0.1) is 11.8 Å². The number of nitrogens with one attached hydrogen (secondary N) is 1. The maximum atomic E-state index is 11.0. The van der Waals surface area contributed by atoms with Crippen molar-refractivity contribution < 1.29 is 14.3 Å². The van der Waals surface area contributed by atoms with Crippen LogP contribution >= 0.6 is 11.8 Å². The first kappa shape index (κ1) is 17.0. The van der Waals surface area contributed by atoms with E-state index < -0.39 is 0 Å². The molecule has 0 spiro atoms. The number of carbonyl (C=O) groups is 1. The van der Waals surface area contributed by atoms with Crippen LogP contribution in [0.3, 0.4) is 0 Å². The lowest BCUT2D eigenvalue weighted by molar-refractivity contribution is -0.140. The molecule has 0 atom stereocenters. The molecule has 0 saturated heterocycles. The zero-order valence-electron chi connectivity index (χ0n) is 12.2. The van der Waals surface area contributed by atoms with E-state index in [0.717, 1.165) is 31.9 Å². The van der Waals surface area contributed by atoms with Crippen molar-refractivity contribution in [1.29, 1.82) is 0 Å². The minimum atomic E-state index is -0.136. The highest BCUT2D eigenvalue weighted by Crippen LogP contribution is 2.19. The highest BCUT2D eigenvalue weighted by Gasteiger charge is 2.00. The molecule has 0 saturated carbocycles. The predicted octanol–water partition coefficient (Wildman–Crippen LogP) is 2.47. The summed E-state index contributed by atoms with van der Waals surface area (Å²) < 4.78 is 9.59. The van der Waals surface area contributed by atoms with Gasteiger partial charge in [0.25, 0.3) is 0 Å². The fourth-order valence-electron chi connectivity index (χ4n) is 1.62. The van der Waals surface area contributed by atoms with Crippen molar-refractivity contribution >= 4 is 17.7 Å². The second kappa shape index (κ2) is 10.7. The van der Waals surface area contributed by atoms with Gasteiger partial charge in [0, 0.05) is 31.5 Å². The number of hydrogen-bond donors (Lipinski definition) is 1. The van der Waals surface area contributed by atoms with Crippen LogP contribution in [-0.2, 0) is 20.8 Å². The van der Waals surface area contributed by atoms with E-state index in [-0.39, 0.29) is 5.97 Å². The molecule has 20 heavy (non-hydrogen) atoms. The summed E-state index contributed by atoms with van der Waals surface area (Å²) in [6, 6.07) is 8.50. The van der Waals surface area contributed by atoms with E-state index >= 15 is 0 Å². The van der Waals surface area contributed by atoms with E-state index in [2.05, 4.69) is 34.3 Å². The fraction of sp³-hybridized carbons (Fsp3) is 0.533. The second-order valence-electron chi connectivity index (χ2n) is 4.34. The molecule has 0 heterocycles. The lowest BCUT2D eigenvalue weighted by atomic mass is 10.2. The van der Waals surface area contributed by atoms with Crippen molar-refractivity contribution in [3.8, 4) is 0 Å². The summed E-state index contributed by atoms with van der Waals surface area (Å²) in [4.78, 5) is 12.2. The second-order valence-corrected chi connectivity index (χ2v) is 5.51. The molecule has 5 heteroatoms. The first-order valence-electron chi connectivity index (χ1n) is 6.74. The smallest absolute Gasteiger partial charge is 0.305 e. The van der Waals surface area contributed by atoms with E-state index in [1.807, 2.05) is 0 Å². The average molecular weight is 297 g/mol. The molecule has 1 aromatic rings. The van der Waals surface area contributed by atoms with Gasteiger partial charge in [0.2, 0.25) is 0 Å². The molecule has 0 radical (unpaired) electrons. The predicted molar refractivity (Wildman–Crippen MR) is 82.0 cm³/mol. The largest absolute Gasteiger partial charge is 0.469 e. The van der Waals surface area contributed by atoms with Gasteiger partial charge in [0.05, 0.1) is 13.7 Å². The molecule has 0 aliphatic heterocycles. The van der Waals surface area contributed by atoms with Gasteiger partial charge in [-0.25, -0.2) is 0 Å². The van der Waals surface area contributed by atoms with Crippen LogP contribution in [0.4, 0.5) is 0 Å². The van der Waals surface area contributed by atoms with Gasteiger partial charge in [0.1, 0.15) is 0 Å². The zero-order valence-corrected chi connectivity index (χ0v) is 13.0. The molecule has 0 aromatic heterocycles. The van der Waals surface area contributed by atoms with E-state index in [0.29, 0.717) is 6.42 Å². The SMILES string of the molecule is COCCNCc1ccc(SCCCC(=O)OC)cc1. The molecule has 0 amide bonds. The van der Waals surface area contributed by atoms with E-state index in [9.17, 15) is 4.79 Å². The zero-order chi connectivity index (χ0) is 14.6. The third kappa shape index (κ3) is 7.53. The van der Waals surface area contributed by atoms with Crippen molar-refractivity contribution in [2.45, 2.75) is 24.3 Å². The third-order valence-electron chi connectivity index (χ3n) is 2.76. The minimum Gasteiger partial charge on any atom is -0.469 e. The first-order valence-corrected chi connectivity index (χ1v) is 7.73. The standard InChI is InChI=1S/C15H23NO3S/c1-18-10-9-16-12-13-5-7-14(8-6-13)20-11-3-4-15(17)19-2/h5-8,16H,3-4,9-12H2,1-2H3. The summed E-state index contributed by atoms with van der Waals surface area (Å²) in [5.74, 6) is 0.795. The molecular formula is C15H23NO3S. The number of rotatable bonds is 10. The van der Waals surface area contributed by atoms with Crippen molar-refractivity contribution in [3.05, 3.63) is 29.8 Å². The molecule has 1 aromatic carbocycles. The summed E-state index contributed by atoms with van der Waals surface area (Å²) in [6.45, 7) is 2.45. The van der Waals surface area contributed by atoms with Crippen LogP contribution in [0.1, 0.15) is 18.4 Å². The molecular weight excluding hydrogens is 274 g/mol. The minimum absolute atomic E-state index is 0.136. The Bertz CT molecular complexity index is 381. The normalized spacial score (nSPS) is 10.5. The lowest BCUT2D eigenvalue weighted by Gasteiger charge is -2.06. The van der Waals surface area contributed by atoms with E-state index in [1.165, 1.54) is 17.6 Å². The summed E-state index contributed by atoms with van der Waals surface area (Å²) >= 11 is 1.77. The summed E-state index contributed by atoms with van der Waals surface area (Å²) in [5, 5.41) is 3.31. The maximum absolute atomic E-state index is 11.0. The number of ether oxygens (including phenoxy) is 2. The highest BCUT2D eigenvalue weighted by molar-refractivity contribution is 7.99. The monoisotopic (exact) mass is 297 g/mol. The number of carbonyl (C=O) groups excluding carboxylic acids is 1. The maximum Gasteiger partial charge on any atom is 0.305 e. The summed E-state index contributed by atoms with van der Waals surface area (Å²) in [6.07, 6.45) is 1.34. The number of esters is 1. The van der Waals surface area contributed by atoms with Crippen molar-refractivity contribution in [2.24, 2.45) is 0 Å². The van der Waals surface area contributed by atoms with E-state index in [1.54, 1.807) is 18.9 Å². The average Bonchev–Trinajstić information content (AvgIpc) is 2.49. The molecule has 112 valence electrons. The van der Waals surface area contributed by atoms with Gasteiger partial charge in [-0.05, 0) is 29.9 Å². The van der Waals surface area contributed by atoms with Gasteiger partial charge in [-0.1, -0.05) is 12.1 Å². The van der Waals surface area contributed by atoms with Crippen LogP contribution < -0.4 is 5.32 Å². The van der Waals surface area contributed by atoms with Gasteiger partial charge >= 0.3 is 5.97 Å². The Morgan fingerprint density at radius 1 is 1.25 bits per heavy atom. The number of thioether (sulfide) groups is 1. The first-order chi connectivity index (χ1) is 9.76. The van der Waals surface area contributed by atoms with Crippen LogP contribution in [0, 0.1) is 0 Å². The van der Waals surface area contributed by atoms with Crippen LogP contribution in [0.15, 0.2) is 29.2 Å². The molecule has 0 aliphatic carbocycles. The van der Waals surface area contributed by atoms with Crippen molar-refractivity contribution in [2.75, 3.05) is 33.1 Å². The Labute approximate surface area is 125 Å². The van der Waals surface area contributed by atoms with Crippen LogP contribution in [0.25, 0.3) is 0 Å². The molecule has 0 fully saturated rings. The third-order valence-corrected chi connectivity index (χ3v) is 3.86. The molecule has 1 N–H and O–H groups in total. The molecule has 0 bridgehead atoms. The Kier molecular flexibility index (Phi) is 9.11. The van der Waals surface area contributed by atoms with Gasteiger partial charge in [0.15, 0.2) is 0 Å². The van der Waals surface area contributed by atoms with Gasteiger partial charge in [-0.2, -0.15) is 0 Å². The van der Waals surface area contributed by atoms with E-state index in [4.69, 9.17) is 4.74 Å². The van der Waals surface area contributed by atoms with Crippen LogP contribution in [-0.4, -0.2) is 39.1 Å². The highest BCUT2D eigenvalue weighted by atomic mass is 32.2. The van der Waals surface area contributed by atoms with Gasteiger partial charge in [-0.3, -0.25) is 4.79 Å². The molecule has 0 unspecified atom stereocenters. The molecule has 0 aliphatic rings. The Balaban J connectivity index is 2.19. The molecule has 4 nitrogen and oxygen atoms in total. The van der Waals surface area contributed by atoms with Gasteiger partial charge < -0.3 is 14.8 Å². The lowest BCUT2D eigenvalue weighted by Crippen LogP contribution is -2.18.